The topological polar surface area (TPSA) is 55.1 Å². The quantitative estimate of drug-likeness (QED) is 0.902. The van der Waals surface area contributed by atoms with Gasteiger partial charge >= 0.3 is 5.97 Å². The van der Waals surface area contributed by atoms with Crippen LogP contribution in [-0.4, -0.2) is 20.9 Å². The molecule has 0 aliphatic rings. The molecule has 0 aliphatic heterocycles. The molecule has 0 radical (unpaired) electrons. The van der Waals surface area contributed by atoms with Crippen molar-refractivity contribution in [3.05, 3.63) is 52.3 Å². The Balaban J connectivity index is 2.28. The zero-order chi connectivity index (χ0) is 13.3. The summed E-state index contributed by atoms with van der Waals surface area (Å²) in [6.07, 6.45) is 1.58. The molecule has 1 heterocycles. The van der Waals surface area contributed by atoms with Crippen molar-refractivity contribution in [2.75, 3.05) is 0 Å². The predicted molar refractivity (Wildman–Crippen MR) is 68.9 cm³/mol. The molecule has 0 spiro atoms. The molecule has 0 bridgehead atoms. The Hall–Kier alpha value is -2.10. The second kappa shape index (κ2) is 4.64. The van der Waals surface area contributed by atoms with Crippen LogP contribution in [0, 0.1) is 20.8 Å². The lowest BCUT2D eigenvalue weighted by molar-refractivity contribution is 0.0696. The van der Waals surface area contributed by atoms with Gasteiger partial charge in [-0.3, -0.25) is 4.68 Å². The number of benzene rings is 1. The Bertz CT molecular complexity index is 580. The monoisotopic (exact) mass is 244 g/mol. The van der Waals surface area contributed by atoms with Crippen molar-refractivity contribution < 1.29 is 9.90 Å². The van der Waals surface area contributed by atoms with Gasteiger partial charge in [-0.05, 0) is 26.3 Å². The number of rotatable bonds is 3. The van der Waals surface area contributed by atoms with Gasteiger partial charge in [0.15, 0.2) is 0 Å². The Morgan fingerprint density at radius 3 is 2.33 bits per heavy atom. The maximum absolute atomic E-state index is 10.9. The molecule has 0 saturated heterocycles. The van der Waals surface area contributed by atoms with Gasteiger partial charge in [0.25, 0.3) is 0 Å². The van der Waals surface area contributed by atoms with Crippen LogP contribution in [-0.2, 0) is 6.54 Å². The summed E-state index contributed by atoms with van der Waals surface area (Å²) in [5.74, 6) is -0.931. The van der Waals surface area contributed by atoms with Gasteiger partial charge in [-0.1, -0.05) is 29.3 Å². The van der Waals surface area contributed by atoms with Gasteiger partial charge in [-0.2, -0.15) is 5.10 Å². The zero-order valence-corrected chi connectivity index (χ0v) is 10.8. The number of hydrogen-bond donors (Lipinski definition) is 1. The van der Waals surface area contributed by atoms with Crippen molar-refractivity contribution in [1.29, 1.82) is 0 Å². The van der Waals surface area contributed by atoms with Crippen molar-refractivity contribution in [2.45, 2.75) is 27.3 Å². The van der Waals surface area contributed by atoms with Gasteiger partial charge in [0.05, 0.1) is 12.2 Å². The van der Waals surface area contributed by atoms with Crippen LogP contribution in [0.2, 0.25) is 0 Å². The van der Waals surface area contributed by atoms with E-state index in [2.05, 4.69) is 23.3 Å². The molecule has 18 heavy (non-hydrogen) atoms. The lowest BCUT2D eigenvalue weighted by Gasteiger charge is -2.05. The summed E-state index contributed by atoms with van der Waals surface area (Å²) < 4.78 is 1.67. The lowest BCUT2D eigenvalue weighted by atomic mass is 10.1. The van der Waals surface area contributed by atoms with E-state index in [1.165, 1.54) is 11.1 Å². The van der Waals surface area contributed by atoms with Gasteiger partial charge in [0.2, 0.25) is 0 Å². The van der Waals surface area contributed by atoms with E-state index in [1.807, 2.05) is 13.8 Å². The number of carboxylic acid groups (broad SMARTS) is 1. The predicted octanol–water partition coefficient (Wildman–Crippen LogP) is 2.55. The van der Waals surface area contributed by atoms with Crippen molar-refractivity contribution in [1.82, 2.24) is 9.78 Å². The summed E-state index contributed by atoms with van der Waals surface area (Å²) in [5, 5.41) is 13.2. The molecule has 94 valence electrons. The summed E-state index contributed by atoms with van der Waals surface area (Å²) in [6.45, 7) is 6.40. The minimum absolute atomic E-state index is 0.263. The highest BCUT2D eigenvalue weighted by atomic mass is 16.4. The third-order valence-electron chi connectivity index (χ3n) is 2.80. The molecule has 0 atom stereocenters. The van der Waals surface area contributed by atoms with E-state index >= 15 is 0 Å². The Kier molecular flexibility index (Phi) is 3.19. The second-order valence-corrected chi connectivity index (χ2v) is 4.63. The van der Waals surface area contributed by atoms with Crippen molar-refractivity contribution in [3.8, 4) is 0 Å². The molecule has 2 aromatic rings. The van der Waals surface area contributed by atoms with Gasteiger partial charge < -0.3 is 5.11 Å². The summed E-state index contributed by atoms with van der Waals surface area (Å²) in [4.78, 5) is 10.9. The Morgan fingerprint density at radius 2 is 1.83 bits per heavy atom. The first-order chi connectivity index (χ1) is 8.45. The number of aromatic nitrogens is 2. The zero-order valence-electron chi connectivity index (χ0n) is 10.8. The summed E-state index contributed by atoms with van der Waals surface area (Å²) >= 11 is 0. The van der Waals surface area contributed by atoms with Gasteiger partial charge in [0.1, 0.15) is 5.56 Å². The van der Waals surface area contributed by atoms with Crippen LogP contribution in [0.3, 0.4) is 0 Å². The normalized spacial score (nSPS) is 10.6. The summed E-state index contributed by atoms with van der Waals surface area (Å²) in [5.41, 5.74) is 4.35. The van der Waals surface area contributed by atoms with Crippen molar-refractivity contribution in [3.63, 3.8) is 0 Å². The van der Waals surface area contributed by atoms with Crippen LogP contribution < -0.4 is 0 Å². The van der Waals surface area contributed by atoms with Crippen LogP contribution in [0.5, 0.6) is 0 Å². The maximum Gasteiger partial charge on any atom is 0.339 e. The maximum atomic E-state index is 10.9. The van der Waals surface area contributed by atoms with E-state index < -0.39 is 5.97 Å². The Labute approximate surface area is 106 Å². The minimum atomic E-state index is -0.931. The fourth-order valence-corrected chi connectivity index (χ4v) is 2.16. The minimum Gasteiger partial charge on any atom is -0.478 e. The SMILES string of the molecule is Cc1cc(C)cc(Cn2cc(C(=O)O)c(C)n2)c1. The molecule has 4 nitrogen and oxygen atoms in total. The first-order valence-corrected chi connectivity index (χ1v) is 5.80. The largest absolute Gasteiger partial charge is 0.478 e. The van der Waals surface area contributed by atoms with Crippen molar-refractivity contribution in [2.24, 2.45) is 0 Å². The van der Waals surface area contributed by atoms with Crippen molar-refractivity contribution >= 4 is 5.97 Å². The van der Waals surface area contributed by atoms with Gasteiger partial charge in [0, 0.05) is 6.20 Å². The Morgan fingerprint density at radius 1 is 1.22 bits per heavy atom. The van der Waals surface area contributed by atoms with E-state index in [0.717, 1.165) is 5.56 Å². The molecular weight excluding hydrogens is 228 g/mol. The molecule has 2 rings (SSSR count). The van der Waals surface area contributed by atoms with E-state index in [4.69, 9.17) is 5.11 Å². The average molecular weight is 244 g/mol. The number of carbonyl (C=O) groups is 1. The first kappa shape index (κ1) is 12.4. The van der Waals surface area contributed by atoms with E-state index in [-0.39, 0.29) is 5.56 Å². The van der Waals surface area contributed by atoms with Crippen LogP contribution in [0.4, 0.5) is 0 Å². The molecule has 0 unspecified atom stereocenters. The fraction of sp³-hybridized carbons (Fsp3) is 0.286. The van der Waals surface area contributed by atoms with E-state index in [9.17, 15) is 4.79 Å². The van der Waals surface area contributed by atoms with E-state index in [1.54, 1.807) is 17.8 Å². The molecule has 1 aromatic carbocycles. The summed E-state index contributed by atoms with van der Waals surface area (Å²) in [6, 6.07) is 6.29. The fourth-order valence-electron chi connectivity index (χ4n) is 2.16. The molecule has 0 fully saturated rings. The van der Waals surface area contributed by atoms with Crippen LogP contribution in [0.1, 0.15) is 32.7 Å². The highest BCUT2D eigenvalue weighted by Crippen LogP contribution is 2.12. The highest BCUT2D eigenvalue weighted by molar-refractivity contribution is 5.88. The second-order valence-electron chi connectivity index (χ2n) is 4.63. The molecule has 4 heteroatoms. The highest BCUT2D eigenvalue weighted by Gasteiger charge is 2.11. The molecule has 0 amide bonds. The molecule has 1 N–H and O–H groups in total. The molecule has 1 aromatic heterocycles. The smallest absolute Gasteiger partial charge is 0.339 e. The van der Waals surface area contributed by atoms with Gasteiger partial charge in [-0.25, -0.2) is 4.79 Å². The summed E-state index contributed by atoms with van der Waals surface area (Å²) in [7, 11) is 0. The molecular formula is C14H16N2O2. The first-order valence-electron chi connectivity index (χ1n) is 5.80. The van der Waals surface area contributed by atoms with E-state index in [0.29, 0.717) is 12.2 Å². The molecule has 0 saturated carbocycles. The molecule has 0 aliphatic carbocycles. The van der Waals surface area contributed by atoms with Crippen LogP contribution >= 0.6 is 0 Å². The third kappa shape index (κ3) is 2.59. The number of aromatic carboxylic acids is 1. The standard InChI is InChI=1S/C14H16N2O2/c1-9-4-10(2)6-12(5-9)7-16-8-13(14(17)18)11(3)15-16/h4-6,8H,7H2,1-3H3,(H,17,18). The van der Waals surface area contributed by atoms with Crippen LogP contribution in [0.25, 0.3) is 0 Å². The average Bonchev–Trinajstić information content (AvgIpc) is 2.57. The number of carboxylic acids is 1. The van der Waals surface area contributed by atoms with Crippen LogP contribution in [0.15, 0.2) is 24.4 Å². The number of aryl methyl sites for hydroxylation is 3. The lowest BCUT2D eigenvalue weighted by Crippen LogP contribution is -2.01. The van der Waals surface area contributed by atoms with Gasteiger partial charge in [-0.15, -0.1) is 0 Å². The number of hydrogen-bond acceptors (Lipinski definition) is 2. The third-order valence-corrected chi connectivity index (χ3v) is 2.80. The number of nitrogens with zero attached hydrogens (tertiary/aromatic N) is 2.